The van der Waals surface area contributed by atoms with Crippen LogP contribution in [0.15, 0.2) is 42.7 Å². The minimum Gasteiger partial charge on any atom is -0.507 e. The molecule has 0 atom stereocenters. The summed E-state index contributed by atoms with van der Waals surface area (Å²) in [7, 11) is 1.22. The molecule has 0 bridgehead atoms. The van der Waals surface area contributed by atoms with Crippen molar-refractivity contribution in [2.75, 3.05) is 13.7 Å². The van der Waals surface area contributed by atoms with Crippen LogP contribution >= 0.6 is 11.6 Å². The second kappa shape index (κ2) is 9.54. The molecule has 0 aliphatic rings. The first-order valence-electron chi connectivity index (χ1n) is 9.48. The fraction of sp³-hybridized carbons (Fsp3) is 0.273. The molecule has 0 saturated heterocycles. The first kappa shape index (κ1) is 21.5. The number of hydrogen-bond acceptors (Lipinski definition) is 6. The number of aromatic hydroxyl groups is 2. The number of esters is 1. The second-order valence-electron chi connectivity index (χ2n) is 6.59. The van der Waals surface area contributed by atoms with Crippen LogP contribution in [0.25, 0.3) is 0 Å². The number of phenols is 2. The highest BCUT2D eigenvalue weighted by molar-refractivity contribution is 6.33. The van der Waals surface area contributed by atoms with Gasteiger partial charge in [0, 0.05) is 30.4 Å². The van der Waals surface area contributed by atoms with E-state index in [2.05, 4.69) is 4.98 Å². The van der Waals surface area contributed by atoms with Gasteiger partial charge in [0.1, 0.15) is 28.6 Å². The van der Waals surface area contributed by atoms with Crippen molar-refractivity contribution in [1.29, 1.82) is 0 Å². The smallest absolute Gasteiger partial charge is 0.341 e. The number of carbonyl (C=O) groups is 1. The van der Waals surface area contributed by atoms with Gasteiger partial charge >= 0.3 is 5.97 Å². The number of imidazole rings is 1. The lowest BCUT2D eigenvalue weighted by molar-refractivity contribution is 0.0596. The van der Waals surface area contributed by atoms with Gasteiger partial charge < -0.3 is 24.3 Å². The zero-order valence-corrected chi connectivity index (χ0v) is 17.5. The van der Waals surface area contributed by atoms with Gasteiger partial charge in [0.25, 0.3) is 0 Å². The molecule has 30 heavy (non-hydrogen) atoms. The average molecular weight is 431 g/mol. The van der Waals surface area contributed by atoms with Crippen LogP contribution in [0, 0.1) is 0 Å². The van der Waals surface area contributed by atoms with Crippen molar-refractivity contribution in [3.8, 4) is 17.2 Å². The highest BCUT2D eigenvalue weighted by Gasteiger charge is 2.23. The molecule has 158 valence electrons. The van der Waals surface area contributed by atoms with Crippen molar-refractivity contribution in [2.45, 2.75) is 26.3 Å². The Balaban J connectivity index is 1.86. The number of phenolic OH excluding ortho intramolecular Hbond substituents is 2. The molecule has 0 radical (unpaired) electrons. The predicted molar refractivity (Wildman–Crippen MR) is 112 cm³/mol. The molecule has 3 aromatic rings. The van der Waals surface area contributed by atoms with E-state index in [1.807, 2.05) is 42.0 Å². The van der Waals surface area contributed by atoms with E-state index in [1.54, 1.807) is 6.20 Å². The van der Waals surface area contributed by atoms with Crippen LogP contribution in [0.5, 0.6) is 17.2 Å². The third-order valence-electron chi connectivity index (χ3n) is 4.72. The zero-order chi connectivity index (χ0) is 21.7. The molecule has 1 heterocycles. The number of benzene rings is 2. The number of aryl methyl sites for hydroxylation is 1. The van der Waals surface area contributed by atoms with E-state index in [0.29, 0.717) is 25.1 Å². The minimum absolute atomic E-state index is 0.00741. The molecule has 0 fully saturated rings. The fourth-order valence-corrected chi connectivity index (χ4v) is 3.56. The lowest BCUT2D eigenvalue weighted by Gasteiger charge is -2.15. The summed E-state index contributed by atoms with van der Waals surface area (Å²) in [5, 5.41) is 20.1. The highest BCUT2D eigenvalue weighted by Crippen LogP contribution is 2.37. The summed E-state index contributed by atoms with van der Waals surface area (Å²) in [5.74, 6) is 0.168. The molecular formula is C22H23ClN2O5. The number of ether oxygens (including phenoxy) is 2. The van der Waals surface area contributed by atoms with Gasteiger partial charge in [-0.3, -0.25) is 0 Å². The number of methoxy groups -OCH3 is 1. The lowest BCUT2D eigenvalue weighted by Crippen LogP contribution is -2.11. The molecule has 2 N–H and O–H groups in total. The first-order valence-corrected chi connectivity index (χ1v) is 9.86. The maximum Gasteiger partial charge on any atom is 0.341 e. The fourth-order valence-electron chi connectivity index (χ4n) is 3.31. The number of halogens is 1. The molecule has 0 amide bonds. The summed E-state index contributed by atoms with van der Waals surface area (Å²) >= 11 is 6.22. The third-order valence-corrected chi connectivity index (χ3v) is 5.15. The van der Waals surface area contributed by atoms with Crippen LogP contribution in [0.1, 0.15) is 34.2 Å². The second-order valence-corrected chi connectivity index (χ2v) is 6.96. The van der Waals surface area contributed by atoms with E-state index in [9.17, 15) is 15.0 Å². The van der Waals surface area contributed by atoms with Gasteiger partial charge in [-0.15, -0.1) is 0 Å². The molecule has 1 aromatic heterocycles. The summed E-state index contributed by atoms with van der Waals surface area (Å²) < 4.78 is 12.4. The standard InChI is InChI=1S/C22H23ClN2O5/c1-3-30-18-7-5-4-6-14(18)13-25-11-10-24-19(25)9-8-15-20(22(28)29-2)16(26)12-17(27)21(15)23/h4-7,10-12,26-27H,3,8-9,13H2,1-2H3. The van der Waals surface area contributed by atoms with E-state index >= 15 is 0 Å². The molecule has 0 aliphatic carbocycles. The van der Waals surface area contributed by atoms with Gasteiger partial charge in [-0.25, -0.2) is 9.78 Å². The van der Waals surface area contributed by atoms with Crippen molar-refractivity contribution in [3.05, 3.63) is 70.3 Å². The molecule has 3 rings (SSSR count). The molecule has 8 heteroatoms. The van der Waals surface area contributed by atoms with Crippen molar-refractivity contribution in [3.63, 3.8) is 0 Å². The van der Waals surface area contributed by atoms with E-state index in [-0.39, 0.29) is 28.5 Å². The highest BCUT2D eigenvalue weighted by atomic mass is 35.5. The number of nitrogens with zero attached hydrogens (tertiary/aromatic N) is 2. The Morgan fingerprint density at radius 1 is 1.20 bits per heavy atom. The Morgan fingerprint density at radius 2 is 1.97 bits per heavy atom. The number of para-hydroxylation sites is 1. The molecular weight excluding hydrogens is 408 g/mol. The van der Waals surface area contributed by atoms with E-state index in [4.69, 9.17) is 21.1 Å². The maximum atomic E-state index is 12.1. The van der Waals surface area contributed by atoms with Gasteiger partial charge in [-0.1, -0.05) is 29.8 Å². The lowest BCUT2D eigenvalue weighted by atomic mass is 10.0. The van der Waals surface area contributed by atoms with Gasteiger partial charge in [0.15, 0.2) is 0 Å². The van der Waals surface area contributed by atoms with Crippen LogP contribution < -0.4 is 4.74 Å². The summed E-state index contributed by atoms with van der Waals surface area (Å²) in [6.45, 7) is 3.07. The van der Waals surface area contributed by atoms with Gasteiger partial charge in [-0.2, -0.15) is 0 Å². The molecule has 0 spiro atoms. The molecule has 0 aliphatic heterocycles. The predicted octanol–water partition coefficient (Wildman–Crippen LogP) is 3.97. The number of aromatic nitrogens is 2. The zero-order valence-electron chi connectivity index (χ0n) is 16.8. The largest absolute Gasteiger partial charge is 0.507 e. The first-order chi connectivity index (χ1) is 14.5. The third kappa shape index (κ3) is 4.52. The average Bonchev–Trinajstić information content (AvgIpc) is 3.17. The van der Waals surface area contributed by atoms with Crippen molar-refractivity contribution in [2.24, 2.45) is 0 Å². The van der Waals surface area contributed by atoms with Crippen molar-refractivity contribution >= 4 is 17.6 Å². The van der Waals surface area contributed by atoms with Crippen LogP contribution in [0.4, 0.5) is 0 Å². The normalized spacial score (nSPS) is 10.8. The van der Waals surface area contributed by atoms with Crippen molar-refractivity contribution < 1.29 is 24.5 Å². The maximum absolute atomic E-state index is 12.1. The number of hydrogen-bond donors (Lipinski definition) is 2. The van der Waals surface area contributed by atoms with Crippen LogP contribution in [-0.2, 0) is 24.1 Å². The number of carbonyl (C=O) groups excluding carboxylic acids is 1. The van der Waals surface area contributed by atoms with E-state index in [0.717, 1.165) is 23.2 Å². The topological polar surface area (TPSA) is 93.8 Å². The SMILES string of the molecule is CCOc1ccccc1Cn1ccnc1CCc1c(Cl)c(O)cc(O)c1C(=O)OC. The molecule has 0 saturated carbocycles. The monoisotopic (exact) mass is 430 g/mol. The van der Waals surface area contributed by atoms with Crippen LogP contribution in [-0.4, -0.2) is 39.5 Å². The Kier molecular flexibility index (Phi) is 6.84. The Bertz CT molecular complexity index is 1050. The summed E-state index contributed by atoms with van der Waals surface area (Å²) in [6, 6.07) is 8.83. The van der Waals surface area contributed by atoms with Crippen molar-refractivity contribution in [1.82, 2.24) is 9.55 Å². The summed E-state index contributed by atoms with van der Waals surface area (Å²) in [5.41, 5.74) is 1.27. The molecule has 0 unspecified atom stereocenters. The Hall–Kier alpha value is -3.19. The van der Waals surface area contributed by atoms with Crippen LogP contribution in [0.3, 0.4) is 0 Å². The summed E-state index contributed by atoms with van der Waals surface area (Å²) in [6.07, 6.45) is 4.26. The van der Waals surface area contributed by atoms with E-state index in [1.165, 1.54) is 7.11 Å². The minimum atomic E-state index is -0.724. The van der Waals surface area contributed by atoms with Gasteiger partial charge in [0.2, 0.25) is 0 Å². The Morgan fingerprint density at radius 3 is 2.70 bits per heavy atom. The number of rotatable bonds is 8. The summed E-state index contributed by atoms with van der Waals surface area (Å²) in [4.78, 5) is 16.5. The van der Waals surface area contributed by atoms with Crippen LogP contribution in [0.2, 0.25) is 5.02 Å². The van der Waals surface area contributed by atoms with Gasteiger partial charge in [0.05, 0.1) is 25.3 Å². The molecule has 2 aromatic carbocycles. The van der Waals surface area contributed by atoms with E-state index < -0.39 is 5.97 Å². The molecule has 7 nitrogen and oxygen atoms in total. The quantitative estimate of drug-likeness (QED) is 0.525. The Labute approximate surface area is 179 Å². The van der Waals surface area contributed by atoms with Gasteiger partial charge in [-0.05, 0) is 25.0 Å².